The molecule has 0 bridgehead atoms. The molecule has 4 nitrogen and oxygen atoms in total. The standard InChI is InChI=1S/C25H25N3OS2/c1-16(2)30-21-7-5-6-20(14-21)24(29)28(15-19-8-10-26-11-9-19)25-27-22-12-17(3)18(4)13-23(22)31-25/h5-14,16H,15H2,1-4H3. The third-order valence-corrected chi connectivity index (χ3v) is 7.05. The van der Waals surface area contributed by atoms with Gasteiger partial charge in [0.05, 0.1) is 16.8 Å². The quantitative estimate of drug-likeness (QED) is 0.310. The lowest BCUT2D eigenvalue weighted by atomic mass is 10.1. The maximum atomic E-state index is 13.7. The Hall–Kier alpha value is -2.70. The average Bonchev–Trinajstić information content (AvgIpc) is 3.14. The van der Waals surface area contributed by atoms with Gasteiger partial charge in [-0.2, -0.15) is 0 Å². The van der Waals surface area contributed by atoms with Crippen molar-refractivity contribution in [2.75, 3.05) is 4.90 Å². The Labute approximate surface area is 191 Å². The van der Waals surface area contributed by atoms with Crippen LogP contribution in [0, 0.1) is 13.8 Å². The first-order valence-corrected chi connectivity index (χ1v) is 12.0. The number of amides is 1. The Morgan fingerprint density at radius 2 is 1.81 bits per heavy atom. The molecule has 0 aliphatic carbocycles. The van der Waals surface area contributed by atoms with Crippen molar-refractivity contribution < 1.29 is 4.79 Å². The van der Waals surface area contributed by atoms with Crippen LogP contribution in [0.25, 0.3) is 10.2 Å². The summed E-state index contributed by atoms with van der Waals surface area (Å²) in [4.78, 5) is 25.5. The van der Waals surface area contributed by atoms with Gasteiger partial charge in [0.2, 0.25) is 0 Å². The van der Waals surface area contributed by atoms with Gasteiger partial charge in [-0.1, -0.05) is 31.3 Å². The van der Waals surface area contributed by atoms with Crippen LogP contribution in [-0.4, -0.2) is 21.1 Å². The predicted molar refractivity (Wildman–Crippen MR) is 131 cm³/mol. The number of carbonyl (C=O) groups excluding carboxylic acids is 1. The highest BCUT2D eigenvalue weighted by Gasteiger charge is 2.22. The molecular formula is C25H25N3OS2. The molecule has 6 heteroatoms. The molecule has 0 fully saturated rings. The Morgan fingerprint density at radius 1 is 1.06 bits per heavy atom. The number of carbonyl (C=O) groups is 1. The fourth-order valence-electron chi connectivity index (χ4n) is 3.31. The summed E-state index contributed by atoms with van der Waals surface area (Å²) >= 11 is 3.31. The van der Waals surface area contributed by atoms with Crippen molar-refractivity contribution >= 4 is 44.4 Å². The van der Waals surface area contributed by atoms with Gasteiger partial charge in [0.1, 0.15) is 0 Å². The van der Waals surface area contributed by atoms with E-state index in [1.54, 1.807) is 40.4 Å². The minimum absolute atomic E-state index is 0.0458. The molecule has 1 amide bonds. The van der Waals surface area contributed by atoms with Crippen LogP contribution in [0.5, 0.6) is 0 Å². The van der Waals surface area contributed by atoms with Gasteiger partial charge in [0, 0.05) is 28.1 Å². The summed E-state index contributed by atoms with van der Waals surface area (Å²) in [7, 11) is 0. The maximum absolute atomic E-state index is 13.7. The number of anilines is 1. The highest BCUT2D eigenvalue weighted by molar-refractivity contribution is 7.99. The number of aryl methyl sites for hydroxylation is 2. The number of hydrogen-bond acceptors (Lipinski definition) is 5. The van der Waals surface area contributed by atoms with Crippen LogP contribution in [0.1, 0.15) is 40.9 Å². The van der Waals surface area contributed by atoms with Crippen molar-refractivity contribution in [1.82, 2.24) is 9.97 Å². The number of hydrogen-bond donors (Lipinski definition) is 0. The Kier molecular flexibility index (Phi) is 6.39. The van der Waals surface area contributed by atoms with Crippen LogP contribution in [0.3, 0.4) is 0 Å². The van der Waals surface area contributed by atoms with Crippen molar-refractivity contribution in [3.05, 3.63) is 83.2 Å². The van der Waals surface area contributed by atoms with Crippen molar-refractivity contribution in [1.29, 1.82) is 0 Å². The third-order valence-electron chi connectivity index (χ3n) is 5.01. The van der Waals surface area contributed by atoms with Gasteiger partial charge in [-0.3, -0.25) is 14.7 Å². The molecule has 0 atom stereocenters. The zero-order valence-electron chi connectivity index (χ0n) is 18.1. The van der Waals surface area contributed by atoms with E-state index in [0.29, 0.717) is 22.5 Å². The van der Waals surface area contributed by atoms with Gasteiger partial charge in [0.25, 0.3) is 5.91 Å². The summed E-state index contributed by atoms with van der Waals surface area (Å²) < 4.78 is 1.09. The van der Waals surface area contributed by atoms with E-state index < -0.39 is 0 Å². The maximum Gasteiger partial charge on any atom is 0.260 e. The number of aromatic nitrogens is 2. The SMILES string of the molecule is Cc1cc2nc(N(Cc3ccncc3)C(=O)c3cccc(SC(C)C)c3)sc2cc1C. The summed E-state index contributed by atoms with van der Waals surface area (Å²) in [5.74, 6) is -0.0458. The number of fused-ring (bicyclic) bond motifs is 1. The average molecular weight is 448 g/mol. The van der Waals surface area contributed by atoms with Crippen molar-refractivity contribution in [3.8, 4) is 0 Å². The molecule has 0 N–H and O–H groups in total. The monoisotopic (exact) mass is 447 g/mol. The number of thiazole rings is 1. The minimum atomic E-state index is -0.0458. The molecule has 0 aliphatic rings. The highest BCUT2D eigenvalue weighted by Crippen LogP contribution is 2.33. The van der Waals surface area contributed by atoms with Crippen molar-refractivity contribution in [2.24, 2.45) is 0 Å². The van der Waals surface area contributed by atoms with Crippen LogP contribution >= 0.6 is 23.1 Å². The molecule has 2 aromatic carbocycles. The molecule has 2 aromatic heterocycles. The second-order valence-corrected chi connectivity index (χ2v) is 10.5. The van der Waals surface area contributed by atoms with E-state index in [1.165, 1.54) is 11.1 Å². The van der Waals surface area contributed by atoms with Crippen LogP contribution in [0.2, 0.25) is 0 Å². The molecular weight excluding hydrogens is 422 g/mol. The van der Waals surface area contributed by atoms with Gasteiger partial charge in [-0.15, -0.1) is 11.8 Å². The summed E-state index contributed by atoms with van der Waals surface area (Å²) in [5, 5.41) is 1.16. The van der Waals surface area contributed by atoms with E-state index in [9.17, 15) is 4.79 Å². The fourth-order valence-corrected chi connectivity index (χ4v) is 5.25. The lowest BCUT2D eigenvalue weighted by Gasteiger charge is -2.20. The molecule has 2 heterocycles. The predicted octanol–water partition coefficient (Wildman–Crippen LogP) is 6.66. The Bertz CT molecular complexity index is 1180. The van der Waals surface area contributed by atoms with Crippen LogP contribution in [0.15, 0.2) is 65.8 Å². The first-order chi connectivity index (χ1) is 14.9. The second kappa shape index (κ2) is 9.20. The summed E-state index contributed by atoms with van der Waals surface area (Å²) in [6.45, 7) is 8.94. The highest BCUT2D eigenvalue weighted by atomic mass is 32.2. The van der Waals surface area contributed by atoms with Gasteiger partial charge in [-0.25, -0.2) is 4.98 Å². The van der Waals surface area contributed by atoms with Crippen molar-refractivity contribution in [3.63, 3.8) is 0 Å². The fraction of sp³-hybridized carbons (Fsp3) is 0.240. The molecule has 31 heavy (non-hydrogen) atoms. The summed E-state index contributed by atoms with van der Waals surface area (Å²) in [5.41, 5.74) is 5.05. The summed E-state index contributed by atoms with van der Waals surface area (Å²) in [6.07, 6.45) is 3.51. The molecule has 4 aromatic rings. The topological polar surface area (TPSA) is 46.1 Å². The first kappa shape index (κ1) is 21.5. The normalized spacial score (nSPS) is 11.3. The zero-order chi connectivity index (χ0) is 22.0. The summed E-state index contributed by atoms with van der Waals surface area (Å²) in [6, 6.07) is 16.0. The number of nitrogens with zero attached hydrogens (tertiary/aromatic N) is 3. The Morgan fingerprint density at radius 3 is 2.55 bits per heavy atom. The van der Waals surface area contributed by atoms with Crippen LogP contribution in [-0.2, 0) is 6.54 Å². The van der Waals surface area contributed by atoms with E-state index >= 15 is 0 Å². The molecule has 158 valence electrons. The molecule has 0 saturated carbocycles. The number of thioether (sulfide) groups is 1. The van der Waals surface area contributed by atoms with Crippen LogP contribution < -0.4 is 4.90 Å². The molecule has 0 aliphatic heterocycles. The van der Waals surface area contributed by atoms with E-state index in [-0.39, 0.29) is 5.91 Å². The molecule has 4 rings (SSSR count). The second-order valence-electron chi connectivity index (χ2n) is 7.84. The third kappa shape index (κ3) is 4.97. The molecule has 0 saturated heterocycles. The largest absolute Gasteiger partial charge is 0.279 e. The van der Waals surface area contributed by atoms with Gasteiger partial charge in [0.15, 0.2) is 5.13 Å². The lowest BCUT2D eigenvalue weighted by Crippen LogP contribution is -2.30. The number of benzene rings is 2. The molecule has 0 spiro atoms. The number of rotatable bonds is 6. The molecule has 0 unspecified atom stereocenters. The minimum Gasteiger partial charge on any atom is -0.279 e. The smallest absolute Gasteiger partial charge is 0.260 e. The Balaban J connectivity index is 1.75. The molecule has 0 radical (unpaired) electrons. The van der Waals surface area contributed by atoms with Gasteiger partial charge in [-0.05, 0) is 73.0 Å². The first-order valence-electron chi connectivity index (χ1n) is 10.3. The van der Waals surface area contributed by atoms with Crippen LogP contribution in [0.4, 0.5) is 5.13 Å². The van der Waals surface area contributed by atoms with E-state index in [4.69, 9.17) is 4.98 Å². The van der Waals surface area contributed by atoms with Crippen molar-refractivity contribution in [2.45, 2.75) is 44.4 Å². The lowest BCUT2D eigenvalue weighted by molar-refractivity contribution is 0.0985. The van der Waals surface area contributed by atoms with E-state index in [2.05, 4.69) is 50.9 Å². The van der Waals surface area contributed by atoms with Gasteiger partial charge < -0.3 is 0 Å². The van der Waals surface area contributed by atoms with E-state index in [1.807, 2.05) is 30.3 Å². The number of pyridine rings is 1. The zero-order valence-corrected chi connectivity index (χ0v) is 19.8. The van der Waals surface area contributed by atoms with Gasteiger partial charge >= 0.3 is 0 Å². The van der Waals surface area contributed by atoms with E-state index in [0.717, 1.165) is 20.7 Å².